The van der Waals surface area contributed by atoms with E-state index >= 15 is 0 Å². The maximum absolute atomic E-state index is 3.80. The van der Waals surface area contributed by atoms with Crippen LogP contribution in [-0.2, 0) is 6.42 Å². The van der Waals surface area contributed by atoms with Crippen molar-refractivity contribution in [2.24, 2.45) is 0 Å². The summed E-state index contributed by atoms with van der Waals surface area (Å²) in [5, 5.41) is 5.60. The third-order valence-electron chi connectivity index (χ3n) is 3.91. The lowest BCUT2D eigenvalue weighted by atomic mass is 10.1. The second-order valence-corrected chi connectivity index (χ2v) is 7.75. The fraction of sp³-hybridized carbons (Fsp3) is 0.600. The van der Waals surface area contributed by atoms with Crippen LogP contribution in [0.2, 0.25) is 0 Å². The molecule has 3 atom stereocenters. The van der Waals surface area contributed by atoms with E-state index in [0.717, 1.165) is 29.5 Å². The second kappa shape index (κ2) is 6.36. The molecule has 3 rings (SSSR count). The molecule has 0 spiro atoms. The van der Waals surface area contributed by atoms with Gasteiger partial charge in [0.1, 0.15) is 0 Å². The lowest BCUT2D eigenvalue weighted by Gasteiger charge is -2.28. The van der Waals surface area contributed by atoms with E-state index in [1.54, 1.807) is 0 Å². The van der Waals surface area contributed by atoms with Gasteiger partial charge in [-0.1, -0.05) is 30.3 Å². The van der Waals surface area contributed by atoms with Gasteiger partial charge in [0.05, 0.1) is 0 Å². The molecule has 1 heterocycles. The lowest BCUT2D eigenvalue weighted by Crippen LogP contribution is -2.39. The smallest absolute Gasteiger partial charge is 0.0320 e. The molecule has 0 unspecified atom stereocenters. The third kappa shape index (κ3) is 3.06. The van der Waals surface area contributed by atoms with Crippen molar-refractivity contribution in [2.45, 2.75) is 35.8 Å². The van der Waals surface area contributed by atoms with E-state index in [4.69, 9.17) is 0 Å². The molecule has 18 heavy (non-hydrogen) atoms. The number of hydrogen-bond acceptors (Lipinski definition) is 3. The van der Waals surface area contributed by atoms with Gasteiger partial charge in [-0.25, -0.2) is 0 Å². The standard InChI is InChI=1S/C15H21NS2/c1-2-4-12(5-3-1)8-9-16-13-6-7-14-15(13)18-11-10-17-14/h1-5,13-16H,6-11H2/t13-,14+,15-/m1/s1. The number of hydrogen-bond donors (Lipinski definition) is 1. The van der Waals surface area contributed by atoms with Crippen LogP contribution in [0.15, 0.2) is 30.3 Å². The molecule has 1 saturated heterocycles. The van der Waals surface area contributed by atoms with Crippen LogP contribution in [0.3, 0.4) is 0 Å². The predicted octanol–water partition coefficient (Wildman–Crippen LogP) is 3.20. The Balaban J connectivity index is 1.46. The Morgan fingerprint density at radius 1 is 1.06 bits per heavy atom. The van der Waals surface area contributed by atoms with E-state index in [-0.39, 0.29) is 0 Å². The summed E-state index contributed by atoms with van der Waals surface area (Å²) in [4.78, 5) is 0. The van der Waals surface area contributed by atoms with Crippen molar-refractivity contribution in [2.75, 3.05) is 18.1 Å². The van der Waals surface area contributed by atoms with Crippen LogP contribution in [0.25, 0.3) is 0 Å². The van der Waals surface area contributed by atoms with Crippen molar-refractivity contribution in [3.8, 4) is 0 Å². The van der Waals surface area contributed by atoms with Crippen LogP contribution in [0.5, 0.6) is 0 Å². The molecule has 0 radical (unpaired) electrons. The van der Waals surface area contributed by atoms with Crippen molar-refractivity contribution < 1.29 is 0 Å². The Hall–Kier alpha value is -0.120. The fourth-order valence-corrected chi connectivity index (χ4v) is 6.30. The highest BCUT2D eigenvalue weighted by molar-refractivity contribution is 8.07. The Kier molecular flexibility index (Phi) is 4.55. The van der Waals surface area contributed by atoms with Crippen molar-refractivity contribution in [3.05, 3.63) is 35.9 Å². The van der Waals surface area contributed by atoms with Gasteiger partial charge in [0.2, 0.25) is 0 Å². The average molecular weight is 279 g/mol. The zero-order valence-corrected chi connectivity index (χ0v) is 12.3. The minimum Gasteiger partial charge on any atom is -0.313 e. The second-order valence-electron chi connectivity index (χ2n) is 5.12. The first-order chi connectivity index (χ1) is 8.93. The fourth-order valence-electron chi connectivity index (χ4n) is 2.98. The molecule has 0 bridgehead atoms. The first-order valence-electron chi connectivity index (χ1n) is 6.94. The van der Waals surface area contributed by atoms with Crippen molar-refractivity contribution >= 4 is 23.5 Å². The molecular formula is C15H21NS2. The van der Waals surface area contributed by atoms with Crippen LogP contribution >= 0.6 is 23.5 Å². The Morgan fingerprint density at radius 3 is 2.78 bits per heavy atom. The van der Waals surface area contributed by atoms with Crippen LogP contribution in [0.1, 0.15) is 18.4 Å². The van der Waals surface area contributed by atoms with Gasteiger partial charge in [-0.05, 0) is 31.4 Å². The highest BCUT2D eigenvalue weighted by Gasteiger charge is 2.38. The summed E-state index contributed by atoms with van der Waals surface area (Å²) in [5.74, 6) is 2.71. The van der Waals surface area contributed by atoms with E-state index in [0.29, 0.717) is 0 Å². The minimum absolute atomic E-state index is 0.761. The first-order valence-corrected chi connectivity index (χ1v) is 9.04. The molecular weight excluding hydrogens is 258 g/mol. The molecule has 1 nitrogen and oxygen atoms in total. The molecule has 0 amide bonds. The normalized spacial score (nSPS) is 31.2. The van der Waals surface area contributed by atoms with Crippen molar-refractivity contribution in [1.29, 1.82) is 0 Å². The van der Waals surface area contributed by atoms with Crippen LogP contribution in [0.4, 0.5) is 0 Å². The molecule has 1 aromatic rings. The molecule has 3 heteroatoms. The van der Waals surface area contributed by atoms with E-state index in [1.807, 2.05) is 0 Å². The molecule has 2 aliphatic rings. The molecule has 1 aliphatic carbocycles. The lowest BCUT2D eigenvalue weighted by molar-refractivity contribution is 0.536. The number of nitrogens with one attached hydrogen (secondary N) is 1. The van der Waals surface area contributed by atoms with Gasteiger partial charge in [-0.2, -0.15) is 23.5 Å². The maximum Gasteiger partial charge on any atom is 0.0320 e. The van der Waals surface area contributed by atoms with Gasteiger partial charge in [0.15, 0.2) is 0 Å². The summed E-state index contributed by atoms with van der Waals surface area (Å²) < 4.78 is 0. The van der Waals surface area contributed by atoms with Gasteiger partial charge in [0.25, 0.3) is 0 Å². The molecule has 98 valence electrons. The summed E-state index contributed by atoms with van der Waals surface area (Å²) in [6.45, 7) is 1.13. The van der Waals surface area contributed by atoms with E-state index in [9.17, 15) is 0 Å². The molecule has 0 aromatic heterocycles. The van der Waals surface area contributed by atoms with Gasteiger partial charge in [-0.3, -0.25) is 0 Å². The Morgan fingerprint density at radius 2 is 1.89 bits per heavy atom. The van der Waals surface area contributed by atoms with Gasteiger partial charge >= 0.3 is 0 Å². The highest BCUT2D eigenvalue weighted by atomic mass is 32.2. The highest BCUT2D eigenvalue weighted by Crippen LogP contribution is 2.41. The minimum atomic E-state index is 0.761. The van der Waals surface area contributed by atoms with Crippen LogP contribution in [0, 0.1) is 0 Å². The van der Waals surface area contributed by atoms with E-state index < -0.39 is 0 Å². The summed E-state index contributed by atoms with van der Waals surface area (Å²) in [7, 11) is 0. The third-order valence-corrected chi connectivity index (χ3v) is 7.22. The Labute approximate surface area is 119 Å². The topological polar surface area (TPSA) is 12.0 Å². The molecule has 1 aliphatic heterocycles. The zero-order chi connectivity index (χ0) is 12.2. The Bertz CT molecular complexity index is 368. The first kappa shape index (κ1) is 12.9. The quantitative estimate of drug-likeness (QED) is 0.909. The largest absolute Gasteiger partial charge is 0.313 e. The monoisotopic (exact) mass is 279 g/mol. The number of fused-ring (bicyclic) bond motifs is 1. The molecule has 2 fully saturated rings. The maximum atomic E-state index is 3.80. The number of thioether (sulfide) groups is 2. The molecule has 1 N–H and O–H groups in total. The number of rotatable bonds is 4. The van der Waals surface area contributed by atoms with E-state index in [1.165, 1.54) is 29.9 Å². The summed E-state index contributed by atoms with van der Waals surface area (Å²) in [6.07, 6.45) is 3.96. The molecule has 1 aromatic carbocycles. The van der Waals surface area contributed by atoms with Crippen LogP contribution < -0.4 is 5.32 Å². The van der Waals surface area contributed by atoms with Gasteiger partial charge < -0.3 is 5.32 Å². The molecule has 1 saturated carbocycles. The van der Waals surface area contributed by atoms with Crippen molar-refractivity contribution in [3.63, 3.8) is 0 Å². The number of benzene rings is 1. The van der Waals surface area contributed by atoms with Crippen molar-refractivity contribution in [1.82, 2.24) is 5.32 Å². The van der Waals surface area contributed by atoms with Gasteiger partial charge in [0, 0.05) is 28.0 Å². The summed E-state index contributed by atoms with van der Waals surface area (Å²) in [5.41, 5.74) is 1.45. The van der Waals surface area contributed by atoms with Crippen LogP contribution in [-0.4, -0.2) is 34.6 Å². The van der Waals surface area contributed by atoms with E-state index in [2.05, 4.69) is 59.2 Å². The SMILES string of the molecule is c1ccc(CCN[C@@H]2CC[C@@H]3SCCS[C@@H]32)cc1. The zero-order valence-electron chi connectivity index (χ0n) is 10.7. The van der Waals surface area contributed by atoms with Gasteiger partial charge in [-0.15, -0.1) is 0 Å². The average Bonchev–Trinajstić information content (AvgIpc) is 2.84. The predicted molar refractivity (Wildman–Crippen MR) is 83.7 cm³/mol. The summed E-state index contributed by atoms with van der Waals surface area (Å²) in [6, 6.07) is 11.6. The summed E-state index contributed by atoms with van der Waals surface area (Å²) >= 11 is 4.41.